The molecule has 0 bridgehead atoms. The van der Waals surface area contributed by atoms with Gasteiger partial charge >= 0.3 is 0 Å². The highest BCUT2D eigenvalue weighted by Gasteiger charge is 2.20. The largest absolute Gasteiger partial charge is 0.550 e. The van der Waals surface area contributed by atoms with Crippen LogP contribution in [0.25, 0.3) is 0 Å². The molecule has 0 fully saturated rings. The monoisotopic (exact) mass is 650 g/mol. The van der Waals surface area contributed by atoms with Crippen molar-refractivity contribution in [1.82, 2.24) is 0 Å². The van der Waals surface area contributed by atoms with E-state index >= 15 is 0 Å². The lowest BCUT2D eigenvalue weighted by atomic mass is 10.1. The fourth-order valence-electron chi connectivity index (χ4n) is 6.50. The predicted octanol–water partition coefficient (Wildman–Crippen LogP) is 13.3. The zero-order chi connectivity index (χ0) is 34.2. The first-order chi connectivity index (χ1) is 22.5. The van der Waals surface area contributed by atoms with Crippen LogP contribution in [0.1, 0.15) is 233 Å². The average Bonchev–Trinajstić information content (AvgIpc) is 3.04. The Morgan fingerprint density at radius 3 is 0.978 bits per heavy atom. The van der Waals surface area contributed by atoms with E-state index in [0.29, 0.717) is 0 Å². The van der Waals surface area contributed by atoms with Crippen LogP contribution in [-0.4, -0.2) is 37.1 Å². The molecule has 3 heteroatoms. The molecule has 0 rings (SSSR count). The quantitative estimate of drug-likeness (QED) is 0.0385. The van der Waals surface area contributed by atoms with Crippen LogP contribution in [0.3, 0.4) is 0 Å². The van der Waals surface area contributed by atoms with Crippen molar-refractivity contribution >= 4 is 5.97 Å². The minimum atomic E-state index is -0.914. The van der Waals surface area contributed by atoms with Gasteiger partial charge in [-0.25, -0.2) is 0 Å². The topological polar surface area (TPSA) is 40.1 Å². The summed E-state index contributed by atoms with van der Waals surface area (Å²) in [5.74, 6) is -0.914. The summed E-state index contributed by atoms with van der Waals surface area (Å²) in [7, 11) is 2.56. The van der Waals surface area contributed by atoms with Crippen molar-refractivity contribution < 1.29 is 14.4 Å². The van der Waals surface area contributed by atoms with E-state index in [4.69, 9.17) is 0 Å². The van der Waals surface area contributed by atoms with E-state index < -0.39 is 5.97 Å². The lowest BCUT2D eigenvalue weighted by Gasteiger charge is -2.35. The van der Waals surface area contributed by atoms with Crippen LogP contribution < -0.4 is 5.11 Å². The molecule has 0 aliphatic rings. The second-order valence-corrected chi connectivity index (χ2v) is 14.8. The van der Waals surface area contributed by atoms with Crippen LogP contribution in [0.2, 0.25) is 0 Å². The standard InChI is InChI=1S/C25H54N.C18H34O2/c1-5-8-11-14-17-20-23-26(4,24-21-18-15-12-9-6-2)25-22-19-16-13-10-7-3;1-2-3-4-5-6-7-8-9-10-11-12-13-14-15-16-17-18(19)20/h5-25H2,1-4H3;9-10H,2-8,11-17H2,1H3,(H,19,20)/q+1;/p-1/b;10-9-. The molecule has 276 valence electrons. The molecule has 0 aromatic carbocycles. The SMILES string of the molecule is CCCCCCCC/C=C\CCCCCCCC(=O)[O-].CCCCCCCC[N+](C)(CCCCCCCC)CCCCCCCC. The van der Waals surface area contributed by atoms with E-state index in [-0.39, 0.29) is 6.42 Å². The minimum absolute atomic E-state index is 0.220. The number of quaternary nitrogens is 1. The van der Waals surface area contributed by atoms with Gasteiger partial charge < -0.3 is 14.4 Å². The molecule has 0 unspecified atom stereocenters. The summed E-state index contributed by atoms with van der Waals surface area (Å²) in [5.41, 5.74) is 0. The van der Waals surface area contributed by atoms with Gasteiger partial charge in [-0.3, -0.25) is 0 Å². The Kier molecular flexibility index (Phi) is 41.5. The Morgan fingerprint density at radius 2 is 0.674 bits per heavy atom. The van der Waals surface area contributed by atoms with Crippen LogP contribution in [0, 0.1) is 0 Å². The third kappa shape index (κ3) is 41.2. The van der Waals surface area contributed by atoms with E-state index in [0.717, 1.165) is 19.3 Å². The van der Waals surface area contributed by atoms with E-state index in [9.17, 15) is 9.90 Å². The van der Waals surface area contributed by atoms with Gasteiger partial charge in [0.2, 0.25) is 0 Å². The van der Waals surface area contributed by atoms with E-state index in [1.165, 1.54) is 204 Å². The number of allylic oxidation sites excluding steroid dienone is 2. The van der Waals surface area contributed by atoms with Gasteiger partial charge in [0.25, 0.3) is 0 Å². The van der Waals surface area contributed by atoms with Crippen LogP contribution in [0.15, 0.2) is 12.2 Å². The molecule has 0 radical (unpaired) electrons. The zero-order valence-corrected chi connectivity index (χ0v) is 32.7. The summed E-state index contributed by atoms with van der Waals surface area (Å²) < 4.78 is 1.36. The number of carboxylic acids is 1. The van der Waals surface area contributed by atoms with Gasteiger partial charge in [0.15, 0.2) is 0 Å². The van der Waals surface area contributed by atoms with Gasteiger partial charge in [-0.15, -0.1) is 0 Å². The molecule has 0 aromatic heterocycles. The third-order valence-electron chi connectivity index (χ3n) is 9.80. The molecule has 0 spiro atoms. The first kappa shape index (κ1) is 47.3. The molecule has 3 nitrogen and oxygen atoms in total. The molecule has 0 aromatic rings. The van der Waals surface area contributed by atoms with Crippen molar-refractivity contribution in [3.8, 4) is 0 Å². The summed E-state index contributed by atoms with van der Waals surface area (Å²) in [4.78, 5) is 10.2. The number of aliphatic carboxylic acids is 1. The summed E-state index contributed by atoms with van der Waals surface area (Å²) >= 11 is 0. The summed E-state index contributed by atoms with van der Waals surface area (Å²) in [5, 5.41) is 10.2. The number of nitrogens with zero attached hydrogens (tertiary/aromatic N) is 1. The highest BCUT2D eigenvalue weighted by Crippen LogP contribution is 2.16. The number of carbonyl (C=O) groups excluding carboxylic acids is 1. The van der Waals surface area contributed by atoms with Crippen molar-refractivity contribution in [1.29, 1.82) is 0 Å². The smallest absolute Gasteiger partial charge is 0.0784 e. The Morgan fingerprint density at radius 1 is 0.413 bits per heavy atom. The maximum absolute atomic E-state index is 10.2. The number of hydrogen-bond acceptors (Lipinski definition) is 2. The second-order valence-electron chi connectivity index (χ2n) is 14.8. The summed E-state index contributed by atoms with van der Waals surface area (Å²) in [6.45, 7) is 13.5. The first-order valence-corrected chi connectivity index (χ1v) is 21.1. The fourth-order valence-corrected chi connectivity index (χ4v) is 6.50. The number of hydrogen-bond donors (Lipinski definition) is 0. The third-order valence-corrected chi connectivity index (χ3v) is 9.80. The first-order valence-electron chi connectivity index (χ1n) is 21.1. The van der Waals surface area contributed by atoms with Gasteiger partial charge in [-0.2, -0.15) is 0 Å². The van der Waals surface area contributed by atoms with Gasteiger partial charge in [-0.1, -0.05) is 168 Å². The molecule has 0 saturated heterocycles. The molecule has 0 amide bonds. The van der Waals surface area contributed by atoms with Crippen molar-refractivity contribution in [2.45, 2.75) is 233 Å². The van der Waals surface area contributed by atoms with Crippen molar-refractivity contribution in [3.63, 3.8) is 0 Å². The van der Waals surface area contributed by atoms with Crippen molar-refractivity contribution in [2.24, 2.45) is 0 Å². The highest BCUT2D eigenvalue weighted by molar-refractivity contribution is 5.64. The molecular weight excluding hydrogens is 562 g/mol. The van der Waals surface area contributed by atoms with Crippen molar-refractivity contribution in [2.75, 3.05) is 26.7 Å². The van der Waals surface area contributed by atoms with Gasteiger partial charge in [0, 0.05) is 5.97 Å². The van der Waals surface area contributed by atoms with E-state index in [1.807, 2.05) is 0 Å². The zero-order valence-electron chi connectivity index (χ0n) is 32.7. The Hall–Kier alpha value is -0.830. The molecule has 0 aliphatic carbocycles. The van der Waals surface area contributed by atoms with Crippen LogP contribution >= 0.6 is 0 Å². The minimum Gasteiger partial charge on any atom is -0.550 e. The fraction of sp³-hybridized carbons (Fsp3) is 0.930. The highest BCUT2D eigenvalue weighted by atomic mass is 16.4. The number of carboxylic acid groups (broad SMARTS) is 1. The van der Waals surface area contributed by atoms with Gasteiger partial charge in [0.05, 0.1) is 26.7 Å². The molecule has 0 heterocycles. The normalized spacial score (nSPS) is 11.7. The predicted molar refractivity (Wildman–Crippen MR) is 205 cm³/mol. The van der Waals surface area contributed by atoms with Crippen molar-refractivity contribution in [3.05, 3.63) is 12.2 Å². The second kappa shape index (κ2) is 40.3. The molecule has 0 saturated carbocycles. The molecular formula is C43H87NO2. The lowest BCUT2D eigenvalue weighted by molar-refractivity contribution is -0.910. The van der Waals surface area contributed by atoms with Gasteiger partial charge in [-0.05, 0) is 77.0 Å². The summed E-state index contributed by atoms with van der Waals surface area (Å²) in [6.07, 6.45) is 46.8. The Balaban J connectivity index is 0. The molecule has 0 aliphatic heterocycles. The average molecular weight is 650 g/mol. The number of carbonyl (C=O) groups is 1. The van der Waals surface area contributed by atoms with E-state index in [1.54, 1.807) is 0 Å². The number of unbranched alkanes of at least 4 members (excludes halogenated alkanes) is 26. The molecule has 46 heavy (non-hydrogen) atoms. The summed E-state index contributed by atoms with van der Waals surface area (Å²) in [6, 6.07) is 0. The van der Waals surface area contributed by atoms with Gasteiger partial charge in [0.1, 0.15) is 0 Å². The van der Waals surface area contributed by atoms with Crippen LogP contribution in [-0.2, 0) is 4.79 Å². The number of rotatable bonds is 36. The Labute approximate surface area is 291 Å². The maximum atomic E-state index is 10.2. The lowest BCUT2D eigenvalue weighted by Crippen LogP contribution is -2.46. The molecule has 0 atom stereocenters. The molecule has 0 N–H and O–H groups in total. The van der Waals surface area contributed by atoms with Crippen LogP contribution in [0.5, 0.6) is 0 Å². The van der Waals surface area contributed by atoms with Crippen LogP contribution in [0.4, 0.5) is 0 Å². The van der Waals surface area contributed by atoms with E-state index in [2.05, 4.69) is 46.9 Å². The Bertz CT molecular complexity index is 561. The maximum Gasteiger partial charge on any atom is 0.0784 e.